The highest BCUT2D eigenvalue weighted by Crippen LogP contribution is 2.26. The second kappa shape index (κ2) is 6.84. The van der Waals surface area contributed by atoms with Crippen molar-refractivity contribution in [1.29, 1.82) is 0 Å². The quantitative estimate of drug-likeness (QED) is 0.699. The third-order valence-electron chi connectivity index (χ3n) is 3.60. The highest BCUT2D eigenvalue weighted by atomic mass is 19.4. The van der Waals surface area contributed by atoms with Gasteiger partial charge < -0.3 is 9.30 Å². The van der Waals surface area contributed by atoms with Crippen LogP contribution in [0.25, 0.3) is 11.1 Å². The van der Waals surface area contributed by atoms with Crippen molar-refractivity contribution in [3.05, 3.63) is 88.8 Å². The maximum atomic E-state index is 12.2. The zero-order valence-corrected chi connectivity index (χ0v) is 13.0. The molecule has 1 heterocycles. The number of aromatic nitrogens is 1. The van der Waals surface area contributed by atoms with E-state index < -0.39 is 6.36 Å². The van der Waals surface area contributed by atoms with E-state index in [1.165, 1.54) is 30.3 Å². The maximum absolute atomic E-state index is 12.2. The number of pyridine rings is 1. The molecule has 25 heavy (non-hydrogen) atoms. The molecule has 0 aliphatic carbocycles. The molecule has 0 bridgehead atoms. The number of hydrogen-bond acceptors (Lipinski definition) is 2. The molecule has 0 unspecified atom stereocenters. The summed E-state index contributed by atoms with van der Waals surface area (Å²) in [6.45, 7) is 0.419. The van der Waals surface area contributed by atoms with Crippen LogP contribution in [0.15, 0.2) is 77.7 Å². The number of benzene rings is 2. The van der Waals surface area contributed by atoms with E-state index in [1.807, 2.05) is 30.3 Å². The van der Waals surface area contributed by atoms with E-state index in [0.29, 0.717) is 12.1 Å². The summed E-state index contributed by atoms with van der Waals surface area (Å²) < 4.78 is 42.0. The lowest BCUT2D eigenvalue weighted by atomic mass is 10.1. The minimum atomic E-state index is -4.72. The molecule has 6 heteroatoms. The predicted octanol–water partition coefficient (Wildman–Crippen LogP) is 4.46. The van der Waals surface area contributed by atoms with Crippen LogP contribution in [-0.4, -0.2) is 10.9 Å². The molecule has 0 saturated carbocycles. The average Bonchev–Trinajstić information content (AvgIpc) is 2.57. The number of ether oxygens (including phenoxy) is 1. The Bertz CT molecular complexity index is 900. The summed E-state index contributed by atoms with van der Waals surface area (Å²) in [5.74, 6) is -0.283. The van der Waals surface area contributed by atoms with Gasteiger partial charge in [0.1, 0.15) is 5.75 Å². The molecule has 1 aromatic heterocycles. The largest absolute Gasteiger partial charge is 0.573 e. The van der Waals surface area contributed by atoms with Crippen LogP contribution in [0.2, 0.25) is 0 Å². The van der Waals surface area contributed by atoms with Crippen molar-refractivity contribution >= 4 is 0 Å². The van der Waals surface area contributed by atoms with Crippen LogP contribution in [0.3, 0.4) is 0 Å². The van der Waals surface area contributed by atoms with Gasteiger partial charge in [-0.25, -0.2) is 0 Å². The molecule has 3 rings (SSSR count). The molecule has 0 radical (unpaired) electrons. The van der Waals surface area contributed by atoms with Gasteiger partial charge in [-0.1, -0.05) is 42.5 Å². The van der Waals surface area contributed by atoms with Crippen molar-refractivity contribution in [1.82, 2.24) is 4.57 Å². The van der Waals surface area contributed by atoms with E-state index in [-0.39, 0.29) is 11.3 Å². The molecule has 0 aliphatic rings. The van der Waals surface area contributed by atoms with Crippen LogP contribution in [0.5, 0.6) is 5.75 Å². The van der Waals surface area contributed by atoms with Crippen molar-refractivity contribution in [3.8, 4) is 16.9 Å². The number of alkyl halides is 3. The Morgan fingerprint density at radius 1 is 0.840 bits per heavy atom. The van der Waals surface area contributed by atoms with E-state index in [2.05, 4.69) is 4.74 Å². The molecule has 128 valence electrons. The summed E-state index contributed by atoms with van der Waals surface area (Å²) in [4.78, 5) is 12.0. The molecule has 2 aromatic carbocycles. The molecular formula is C19H14F3NO2. The fourth-order valence-electron chi connectivity index (χ4n) is 2.45. The van der Waals surface area contributed by atoms with Crippen LogP contribution in [0, 0.1) is 0 Å². The normalized spacial score (nSPS) is 11.3. The predicted molar refractivity (Wildman–Crippen MR) is 88.4 cm³/mol. The fourth-order valence-corrected chi connectivity index (χ4v) is 2.45. The topological polar surface area (TPSA) is 31.2 Å². The highest BCUT2D eigenvalue weighted by Gasteiger charge is 2.30. The van der Waals surface area contributed by atoms with Gasteiger partial charge in [0.2, 0.25) is 0 Å². The first-order chi connectivity index (χ1) is 11.9. The van der Waals surface area contributed by atoms with Crippen molar-refractivity contribution in [2.24, 2.45) is 0 Å². The van der Waals surface area contributed by atoms with Gasteiger partial charge in [0.15, 0.2) is 0 Å². The molecule has 0 atom stereocenters. The zero-order chi connectivity index (χ0) is 17.9. The minimum absolute atomic E-state index is 0.148. The first kappa shape index (κ1) is 16.8. The summed E-state index contributed by atoms with van der Waals surface area (Å²) in [6, 6.07) is 18.1. The van der Waals surface area contributed by atoms with E-state index in [9.17, 15) is 18.0 Å². The van der Waals surface area contributed by atoms with Crippen LogP contribution >= 0.6 is 0 Å². The lowest BCUT2D eigenvalue weighted by Crippen LogP contribution is -2.19. The SMILES string of the molecule is O=c1ccc(-c2ccc(OC(F)(F)F)cc2)cn1Cc1ccccc1. The van der Waals surface area contributed by atoms with Crippen LogP contribution in [0.1, 0.15) is 5.56 Å². The van der Waals surface area contributed by atoms with Gasteiger partial charge in [0.25, 0.3) is 5.56 Å². The van der Waals surface area contributed by atoms with Crippen molar-refractivity contribution in [3.63, 3.8) is 0 Å². The number of halogens is 3. The molecule has 0 fully saturated rings. The van der Waals surface area contributed by atoms with Gasteiger partial charge in [-0.2, -0.15) is 0 Å². The Hall–Kier alpha value is -3.02. The van der Waals surface area contributed by atoms with Crippen molar-refractivity contribution in [2.45, 2.75) is 12.9 Å². The third-order valence-corrected chi connectivity index (χ3v) is 3.60. The molecule has 3 aromatic rings. The van der Waals surface area contributed by atoms with E-state index in [0.717, 1.165) is 11.1 Å². The molecule has 0 spiro atoms. The summed E-state index contributed by atoms with van der Waals surface area (Å²) in [7, 11) is 0. The molecule has 0 saturated heterocycles. The smallest absolute Gasteiger partial charge is 0.406 e. The van der Waals surface area contributed by atoms with Gasteiger partial charge in [-0.05, 0) is 34.9 Å². The van der Waals surface area contributed by atoms with Gasteiger partial charge >= 0.3 is 6.36 Å². The summed E-state index contributed by atoms with van der Waals surface area (Å²) in [5.41, 5.74) is 2.26. The Morgan fingerprint density at radius 2 is 1.48 bits per heavy atom. The number of nitrogens with zero attached hydrogens (tertiary/aromatic N) is 1. The molecule has 3 nitrogen and oxygen atoms in total. The van der Waals surface area contributed by atoms with Gasteiger partial charge in [0, 0.05) is 12.3 Å². The zero-order valence-electron chi connectivity index (χ0n) is 13.0. The van der Waals surface area contributed by atoms with Gasteiger partial charge in [0.05, 0.1) is 6.54 Å². The molecule has 0 amide bonds. The van der Waals surface area contributed by atoms with Crippen molar-refractivity contribution in [2.75, 3.05) is 0 Å². The average molecular weight is 345 g/mol. The summed E-state index contributed by atoms with van der Waals surface area (Å²) >= 11 is 0. The van der Waals surface area contributed by atoms with Crippen LogP contribution in [0.4, 0.5) is 13.2 Å². The van der Waals surface area contributed by atoms with E-state index in [1.54, 1.807) is 16.8 Å². The lowest BCUT2D eigenvalue weighted by Gasteiger charge is -2.11. The Labute approximate surface area is 141 Å². The third kappa shape index (κ3) is 4.50. The van der Waals surface area contributed by atoms with Crippen LogP contribution < -0.4 is 10.3 Å². The highest BCUT2D eigenvalue weighted by molar-refractivity contribution is 5.63. The second-order valence-electron chi connectivity index (χ2n) is 5.44. The first-order valence-electron chi connectivity index (χ1n) is 7.51. The van der Waals surface area contributed by atoms with Crippen LogP contribution in [-0.2, 0) is 6.54 Å². The lowest BCUT2D eigenvalue weighted by molar-refractivity contribution is -0.274. The minimum Gasteiger partial charge on any atom is -0.406 e. The Kier molecular flexibility index (Phi) is 4.61. The number of rotatable bonds is 4. The molecular weight excluding hydrogens is 331 g/mol. The maximum Gasteiger partial charge on any atom is 0.573 e. The second-order valence-corrected chi connectivity index (χ2v) is 5.44. The van der Waals surface area contributed by atoms with E-state index >= 15 is 0 Å². The Balaban J connectivity index is 1.85. The van der Waals surface area contributed by atoms with Gasteiger partial charge in [-0.3, -0.25) is 4.79 Å². The molecule has 0 N–H and O–H groups in total. The fraction of sp³-hybridized carbons (Fsp3) is 0.105. The summed E-state index contributed by atoms with van der Waals surface area (Å²) in [5, 5.41) is 0. The monoisotopic (exact) mass is 345 g/mol. The van der Waals surface area contributed by atoms with Crippen molar-refractivity contribution < 1.29 is 17.9 Å². The number of hydrogen-bond donors (Lipinski definition) is 0. The summed E-state index contributed by atoms with van der Waals surface area (Å²) in [6.07, 6.45) is -3.03. The first-order valence-corrected chi connectivity index (χ1v) is 7.51. The Morgan fingerprint density at radius 3 is 2.12 bits per heavy atom. The standard InChI is InChI=1S/C19H14F3NO2/c20-19(21,22)25-17-9-6-15(7-10-17)16-8-11-18(24)23(13-16)12-14-4-2-1-3-5-14/h1-11,13H,12H2. The van der Waals surface area contributed by atoms with Gasteiger partial charge in [-0.15, -0.1) is 13.2 Å². The molecule has 0 aliphatic heterocycles. The van der Waals surface area contributed by atoms with E-state index in [4.69, 9.17) is 0 Å².